The predicted molar refractivity (Wildman–Crippen MR) is 96.4 cm³/mol. The molecular formula is C17H24N4O2S. The first-order valence-corrected chi connectivity index (χ1v) is 8.81. The molecule has 1 aromatic heterocycles. The fourth-order valence-corrected chi connectivity index (χ4v) is 3.17. The van der Waals surface area contributed by atoms with Crippen molar-refractivity contribution in [3.05, 3.63) is 35.7 Å². The third kappa shape index (κ3) is 4.82. The molecule has 1 heterocycles. The van der Waals surface area contributed by atoms with Crippen molar-refractivity contribution in [2.45, 2.75) is 44.1 Å². The average molecular weight is 348 g/mol. The number of ether oxygens (including phenoxy) is 1. The van der Waals surface area contributed by atoms with Crippen molar-refractivity contribution in [2.75, 3.05) is 19.0 Å². The molecule has 1 unspecified atom stereocenters. The maximum absolute atomic E-state index is 12.5. The van der Waals surface area contributed by atoms with Gasteiger partial charge in [0, 0.05) is 25.9 Å². The zero-order chi connectivity index (χ0) is 17.5. The highest BCUT2D eigenvalue weighted by Crippen LogP contribution is 2.24. The number of methoxy groups -OCH3 is 1. The number of anilines is 1. The molecular weight excluding hydrogens is 324 g/mol. The van der Waals surface area contributed by atoms with E-state index in [-0.39, 0.29) is 11.2 Å². The van der Waals surface area contributed by atoms with E-state index in [0.29, 0.717) is 6.61 Å². The Balaban J connectivity index is 1.98. The summed E-state index contributed by atoms with van der Waals surface area (Å²) in [5.41, 5.74) is 3.00. The smallest absolute Gasteiger partial charge is 0.237 e. The maximum atomic E-state index is 12.5. The summed E-state index contributed by atoms with van der Waals surface area (Å²) in [6.45, 7) is 7.32. The van der Waals surface area contributed by atoms with Crippen molar-refractivity contribution in [1.29, 1.82) is 0 Å². The van der Waals surface area contributed by atoms with E-state index in [4.69, 9.17) is 4.74 Å². The molecule has 1 atom stereocenters. The van der Waals surface area contributed by atoms with Crippen LogP contribution in [0, 0.1) is 13.8 Å². The van der Waals surface area contributed by atoms with E-state index in [1.807, 2.05) is 43.5 Å². The van der Waals surface area contributed by atoms with E-state index < -0.39 is 0 Å². The largest absolute Gasteiger partial charge is 0.385 e. The number of aromatic nitrogens is 3. The minimum absolute atomic E-state index is 0.0381. The van der Waals surface area contributed by atoms with Crippen LogP contribution in [-0.4, -0.2) is 39.6 Å². The van der Waals surface area contributed by atoms with Gasteiger partial charge in [-0.3, -0.25) is 4.79 Å². The van der Waals surface area contributed by atoms with Gasteiger partial charge in [-0.1, -0.05) is 30.0 Å². The molecule has 0 spiro atoms. The monoisotopic (exact) mass is 348 g/mol. The van der Waals surface area contributed by atoms with Crippen molar-refractivity contribution in [3.8, 4) is 0 Å². The Kier molecular flexibility index (Phi) is 6.81. The van der Waals surface area contributed by atoms with E-state index in [1.54, 1.807) is 13.4 Å². The van der Waals surface area contributed by atoms with Gasteiger partial charge in [-0.25, -0.2) is 0 Å². The third-order valence-corrected chi connectivity index (χ3v) is 4.80. The molecule has 1 N–H and O–H groups in total. The van der Waals surface area contributed by atoms with Gasteiger partial charge in [-0.15, -0.1) is 10.2 Å². The van der Waals surface area contributed by atoms with Crippen molar-refractivity contribution in [2.24, 2.45) is 0 Å². The van der Waals surface area contributed by atoms with Crippen LogP contribution in [0.15, 0.2) is 29.7 Å². The number of benzene rings is 1. The lowest BCUT2D eigenvalue weighted by Crippen LogP contribution is -2.24. The normalized spacial score (nSPS) is 12.2. The van der Waals surface area contributed by atoms with Gasteiger partial charge < -0.3 is 14.6 Å². The van der Waals surface area contributed by atoms with E-state index in [1.165, 1.54) is 11.8 Å². The van der Waals surface area contributed by atoms with Crippen molar-refractivity contribution in [1.82, 2.24) is 14.8 Å². The highest BCUT2D eigenvalue weighted by atomic mass is 32.2. The molecule has 130 valence electrons. The summed E-state index contributed by atoms with van der Waals surface area (Å²) >= 11 is 1.41. The second kappa shape index (κ2) is 8.84. The average Bonchev–Trinajstić information content (AvgIpc) is 2.98. The molecule has 0 fully saturated rings. The topological polar surface area (TPSA) is 69.0 Å². The Labute approximate surface area is 147 Å². The second-order valence-electron chi connectivity index (χ2n) is 5.67. The second-order valence-corrected chi connectivity index (χ2v) is 6.98. The van der Waals surface area contributed by atoms with Crippen LogP contribution in [0.1, 0.15) is 24.5 Å². The van der Waals surface area contributed by atoms with Crippen molar-refractivity contribution in [3.63, 3.8) is 0 Å². The summed E-state index contributed by atoms with van der Waals surface area (Å²) in [5, 5.41) is 11.6. The molecule has 2 rings (SSSR count). The summed E-state index contributed by atoms with van der Waals surface area (Å²) in [5.74, 6) is -0.0381. The van der Waals surface area contributed by atoms with Gasteiger partial charge in [-0.2, -0.15) is 0 Å². The fourth-order valence-electron chi connectivity index (χ4n) is 2.32. The number of rotatable bonds is 8. The van der Waals surface area contributed by atoms with Crippen molar-refractivity contribution < 1.29 is 9.53 Å². The number of thioether (sulfide) groups is 1. The van der Waals surface area contributed by atoms with Crippen molar-refractivity contribution >= 4 is 23.4 Å². The first-order valence-electron chi connectivity index (χ1n) is 7.93. The third-order valence-electron chi connectivity index (χ3n) is 3.71. The predicted octanol–water partition coefficient (Wildman–Crippen LogP) is 3.05. The molecule has 7 heteroatoms. The SMILES string of the molecule is COCCCn1cnnc1SC(C)C(=O)Nc1c(C)cccc1C. The lowest BCUT2D eigenvalue weighted by molar-refractivity contribution is -0.115. The number of nitrogens with zero attached hydrogens (tertiary/aromatic N) is 3. The molecule has 0 bridgehead atoms. The first kappa shape index (κ1) is 18.5. The number of hydrogen-bond acceptors (Lipinski definition) is 5. The number of carbonyl (C=O) groups is 1. The molecule has 0 saturated carbocycles. The fraction of sp³-hybridized carbons (Fsp3) is 0.471. The van der Waals surface area contributed by atoms with Crippen LogP contribution in [0.3, 0.4) is 0 Å². The quantitative estimate of drug-likeness (QED) is 0.586. The molecule has 2 aromatic rings. The summed E-state index contributed by atoms with van der Waals surface area (Å²) in [6, 6.07) is 5.97. The highest BCUT2D eigenvalue weighted by Gasteiger charge is 2.19. The van der Waals surface area contributed by atoms with Crippen LogP contribution < -0.4 is 5.32 Å². The number of aryl methyl sites for hydroxylation is 3. The van der Waals surface area contributed by atoms with Crippen LogP contribution in [0.5, 0.6) is 0 Å². The van der Waals surface area contributed by atoms with Crippen LogP contribution in [0.4, 0.5) is 5.69 Å². The number of para-hydroxylation sites is 1. The molecule has 0 aliphatic heterocycles. The molecule has 0 aliphatic rings. The summed E-state index contributed by atoms with van der Waals surface area (Å²) in [4.78, 5) is 12.5. The van der Waals surface area contributed by atoms with Gasteiger partial charge in [0.05, 0.1) is 5.25 Å². The van der Waals surface area contributed by atoms with Crippen LogP contribution in [0.2, 0.25) is 0 Å². The van der Waals surface area contributed by atoms with Gasteiger partial charge in [0.15, 0.2) is 5.16 Å². The number of nitrogens with one attached hydrogen (secondary N) is 1. The lowest BCUT2D eigenvalue weighted by Gasteiger charge is -2.15. The Morgan fingerprint density at radius 1 is 1.38 bits per heavy atom. The van der Waals surface area contributed by atoms with Crippen LogP contribution in [0.25, 0.3) is 0 Å². The summed E-state index contributed by atoms with van der Waals surface area (Å²) < 4.78 is 7.01. The Bertz CT molecular complexity index is 667. The Morgan fingerprint density at radius 3 is 2.75 bits per heavy atom. The number of carbonyl (C=O) groups excluding carboxylic acids is 1. The van der Waals surface area contributed by atoms with Gasteiger partial charge in [0.1, 0.15) is 6.33 Å². The first-order chi connectivity index (χ1) is 11.5. The standard InChI is InChI=1S/C17H24N4O2S/c1-12-7-5-8-13(2)15(12)19-16(22)14(3)24-17-20-18-11-21(17)9-6-10-23-4/h5,7-8,11,14H,6,9-10H2,1-4H3,(H,19,22). The van der Waals surface area contributed by atoms with E-state index in [9.17, 15) is 4.79 Å². The van der Waals surface area contributed by atoms with Gasteiger partial charge in [0.2, 0.25) is 5.91 Å². The Morgan fingerprint density at radius 2 is 2.08 bits per heavy atom. The lowest BCUT2D eigenvalue weighted by atomic mass is 10.1. The molecule has 24 heavy (non-hydrogen) atoms. The highest BCUT2D eigenvalue weighted by molar-refractivity contribution is 8.00. The van der Waals surface area contributed by atoms with E-state index >= 15 is 0 Å². The summed E-state index contributed by atoms with van der Waals surface area (Å²) in [6.07, 6.45) is 2.57. The van der Waals surface area contributed by atoms with Gasteiger partial charge in [0.25, 0.3) is 0 Å². The zero-order valence-corrected chi connectivity index (χ0v) is 15.4. The van der Waals surface area contributed by atoms with Gasteiger partial charge in [-0.05, 0) is 38.3 Å². The molecule has 6 nitrogen and oxygen atoms in total. The van der Waals surface area contributed by atoms with Crippen LogP contribution in [-0.2, 0) is 16.1 Å². The van der Waals surface area contributed by atoms with Gasteiger partial charge >= 0.3 is 0 Å². The Hall–Kier alpha value is -1.86. The molecule has 0 radical (unpaired) electrons. The summed E-state index contributed by atoms with van der Waals surface area (Å²) in [7, 11) is 1.68. The van der Waals surface area contributed by atoms with E-state index in [2.05, 4.69) is 15.5 Å². The molecule has 1 aromatic carbocycles. The molecule has 1 amide bonds. The van der Waals surface area contributed by atoms with Crippen LogP contribution >= 0.6 is 11.8 Å². The molecule has 0 aliphatic carbocycles. The van der Waals surface area contributed by atoms with E-state index in [0.717, 1.165) is 34.9 Å². The zero-order valence-electron chi connectivity index (χ0n) is 14.6. The maximum Gasteiger partial charge on any atom is 0.237 e. The minimum Gasteiger partial charge on any atom is -0.385 e. The number of amides is 1. The minimum atomic E-state index is -0.269. The molecule has 0 saturated heterocycles. The number of hydrogen-bond donors (Lipinski definition) is 1.